The van der Waals surface area contributed by atoms with Crippen LogP contribution in [0, 0.1) is 13.8 Å². The summed E-state index contributed by atoms with van der Waals surface area (Å²) >= 11 is 0. The summed E-state index contributed by atoms with van der Waals surface area (Å²) in [5.74, 6) is 0.957. The van der Waals surface area contributed by atoms with Gasteiger partial charge in [-0.05, 0) is 13.8 Å². The molecule has 0 aliphatic rings. The molecule has 5 nitrogen and oxygen atoms in total. The van der Waals surface area contributed by atoms with Crippen molar-refractivity contribution in [1.82, 2.24) is 15.3 Å². The third kappa shape index (κ3) is 4.66. The van der Waals surface area contributed by atoms with Crippen LogP contribution in [-0.4, -0.2) is 50.4 Å². The second-order valence-corrected chi connectivity index (χ2v) is 4.08. The van der Waals surface area contributed by atoms with Gasteiger partial charge in [-0.25, -0.2) is 4.98 Å². The molecule has 1 heterocycles. The summed E-state index contributed by atoms with van der Waals surface area (Å²) in [7, 11) is 3.74. The minimum Gasteiger partial charge on any atom is -0.383 e. The summed E-state index contributed by atoms with van der Waals surface area (Å²) < 4.78 is 4.97. The van der Waals surface area contributed by atoms with Crippen LogP contribution < -0.4 is 10.2 Å². The number of ether oxygens (including phenoxy) is 1. The standard InChI is InChI=1S/C12H22N4O/c1-10-9-14-11(2)12(15-10)16(3)7-5-13-6-8-17-4/h9,13H,5-8H2,1-4H3. The lowest BCUT2D eigenvalue weighted by Crippen LogP contribution is -2.31. The van der Waals surface area contributed by atoms with E-state index in [1.165, 1.54) is 0 Å². The van der Waals surface area contributed by atoms with Crippen LogP contribution in [0.4, 0.5) is 5.82 Å². The molecule has 0 spiro atoms. The SMILES string of the molecule is COCCNCCN(C)c1nc(C)cnc1C. The molecule has 0 aliphatic heterocycles. The Morgan fingerprint density at radius 1 is 1.35 bits per heavy atom. The molecule has 5 heteroatoms. The summed E-state index contributed by atoms with van der Waals surface area (Å²) in [6, 6.07) is 0. The first-order valence-electron chi connectivity index (χ1n) is 5.86. The highest BCUT2D eigenvalue weighted by molar-refractivity contribution is 5.42. The van der Waals surface area contributed by atoms with E-state index in [9.17, 15) is 0 Å². The van der Waals surface area contributed by atoms with Crippen molar-refractivity contribution in [3.05, 3.63) is 17.6 Å². The molecular weight excluding hydrogens is 216 g/mol. The molecule has 17 heavy (non-hydrogen) atoms. The fraction of sp³-hybridized carbons (Fsp3) is 0.667. The van der Waals surface area contributed by atoms with Gasteiger partial charge in [0.05, 0.1) is 18.0 Å². The highest BCUT2D eigenvalue weighted by Gasteiger charge is 2.06. The minimum atomic E-state index is 0.743. The molecule has 0 amide bonds. The number of hydrogen-bond donors (Lipinski definition) is 1. The van der Waals surface area contributed by atoms with Crippen molar-refractivity contribution >= 4 is 5.82 Å². The minimum absolute atomic E-state index is 0.743. The van der Waals surface area contributed by atoms with Gasteiger partial charge in [-0.2, -0.15) is 0 Å². The largest absolute Gasteiger partial charge is 0.383 e. The molecule has 96 valence electrons. The van der Waals surface area contributed by atoms with E-state index < -0.39 is 0 Å². The van der Waals surface area contributed by atoms with Gasteiger partial charge in [0.25, 0.3) is 0 Å². The Balaban J connectivity index is 2.41. The summed E-state index contributed by atoms with van der Waals surface area (Å²) in [5, 5.41) is 3.31. The number of anilines is 1. The van der Waals surface area contributed by atoms with E-state index in [4.69, 9.17) is 4.74 Å². The Morgan fingerprint density at radius 3 is 2.82 bits per heavy atom. The van der Waals surface area contributed by atoms with Crippen LogP contribution in [0.15, 0.2) is 6.20 Å². The molecule has 1 aromatic heterocycles. The zero-order valence-corrected chi connectivity index (χ0v) is 11.2. The molecule has 0 saturated carbocycles. The van der Waals surface area contributed by atoms with Crippen molar-refractivity contribution in [2.24, 2.45) is 0 Å². The van der Waals surface area contributed by atoms with Crippen LogP contribution in [0.2, 0.25) is 0 Å². The lowest BCUT2D eigenvalue weighted by Gasteiger charge is -2.20. The zero-order valence-electron chi connectivity index (χ0n) is 11.2. The molecule has 0 atom stereocenters. The average Bonchev–Trinajstić information content (AvgIpc) is 2.32. The molecule has 0 bridgehead atoms. The van der Waals surface area contributed by atoms with Gasteiger partial charge in [-0.3, -0.25) is 4.98 Å². The second kappa shape index (κ2) is 7.19. The summed E-state index contributed by atoms with van der Waals surface area (Å²) in [5.41, 5.74) is 1.92. The van der Waals surface area contributed by atoms with Crippen LogP contribution >= 0.6 is 0 Å². The maximum atomic E-state index is 4.97. The first kappa shape index (κ1) is 13.9. The normalized spacial score (nSPS) is 10.6. The number of hydrogen-bond acceptors (Lipinski definition) is 5. The highest BCUT2D eigenvalue weighted by atomic mass is 16.5. The van der Waals surface area contributed by atoms with Gasteiger partial charge in [0.2, 0.25) is 0 Å². The number of methoxy groups -OCH3 is 1. The predicted molar refractivity (Wildman–Crippen MR) is 69.5 cm³/mol. The molecule has 0 aliphatic carbocycles. The third-order valence-corrected chi connectivity index (χ3v) is 2.52. The van der Waals surface area contributed by atoms with Crippen molar-refractivity contribution in [3.63, 3.8) is 0 Å². The Morgan fingerprint density at radius 2 is 2.12 bits per heavy atom. The van der Waals surface area contributed by atoms with Crippen LogP contribution in [0.25, 0.3) is 0 Å². The van der Waals surface area contributed by atoms with Crippen LogP contribution in [0.3, 0.4) is 0 Å². The van der Waals surface area contributed by atoms with Gasteiger partial charge >= 0.3 is 0 Å². The number of aromatic nitrogens is 2. The first-order valence-corrected chi connectivity index (χ1v) is 5.86. The van der Waals surface area contributed by atoms with Crippen LogP contribution in [0.5, 0.6) is 0 Å². The number of rotatable bonds is 7. The quantitative estimate of drug-likeness (QED) is 0.711. The van der Waals surface area contributed by atoms with Crippen molar-refractivity contribution < 1.29 is 4.74 Å². The molecule has 0 aromatic carbocycles. The highest BCUT2D eigenvalue weighted by Crippen LogP contribution is 2.12. The van der Waals surface area contributed by atoms with E-state index in [0.717, 1.165) is 43.4 Å². The zero-order chi connectivity index (χ0) is 12.7. The van der Waals surface area contributed by atoms with E-state index in [-0.39, 0.29) is 0 Å². The van der Waals surface area contributed by atoms with E-state index in [0.29, 0.717) is 0 Å². The first-order chi connectivity index (χ1) is 8.15. The van der Waals surface area contributed by atoms with E-state index in [2.05, 4.69) is 20.2 Å². The summed E-state index contributed by atoms with van der Waals surface area (Å²) in [6.45, 7) is 7.38. The molecule has 0 saturated heterocycles. The lowest BCUT2D eigenvalue weighted by atomic mass is 10.3. The van der Waals surface area contributed by atoms with E-state index in [1.54, 1.807) is 13.3 Å². The van der Waals surface area contributed by atoms with Gasteiger partial charge in [-0.15, -0.1) is 0 Å². The number of nitrogens with one attached hydrogen (secondary N) is 1. The fourth-order valence-corrected chi connectivity index (χ4v) is 1.54. The van der Waals surface area contributed by atoms with Gasteiger partial charge in [0, 0.05) is 40.0 Å². The second-order valence-electron chi connectivity index (χ2n) is 4.08. The van der Waals surface area contributed by atoms with Crippen molar-refractivity contribution in [1.29, 1.82) is 0 Å². The molecular formula is C12H22N4O. The number of aryl methyl sites for hydroxylation is 2. The lowest BCUT2D eigenvalue weighted by molar-refractivity contribution is 0.200. The topological polar surface area (TPSA) is 50.3 Å². The monoisotopic (exact) mass is 238 g/mol. The molecule has 1 rings (SSSR count). The predicted octanol–water partition coefficient (Wildman–Crippen LogP) is 0.766. The van der Waals surface area contributed by atoms with Crippen molar-refractivity contribution in [3.8, 4) is 0 Å². The molecule has 0 fully saturated rings. The number of nitrogens with zero attached hydrogens (tertiary/aromatic N) is 3. The third-order valence-electron chi connectivity index (χ3n) is 2.52. The van der Waals surface area contributed by atoms with Gasteiger partial charge < -0.3 is 15.0 Å². The Labute approximate surface area is 103 Å². The van der Waals surface area contributed by atoms with Gasteiger partial charge in [0.1, 0.15) is 5.82 Å². The van der Waals surface area contributed by atoms with E-state index in [1.807, 2.05) is 20.9 Å². The number of likely N-dealkylation sites (N-methyl/N-ethyl adjacent to an activating group) is 1. The van der Waals surface area contributed by atoms with E-state index >= 15 is 0 Å². The average molecular weight is 238 g/mol. The molecule has 1 N–H and O–H groups in total. The van der Waals surface area contributed by atoms with Crippen molar-refractivity contribution in [2.45, 2.75) is 13.8 Å². The summed E-state index contributed by atoms with van der Waals surface area (Å²) in [4.78, 5) is 10.9. The van der Waals surface area contributed by atoms with Crippen LogP contribution in [-0.2, 0) is 4.74 Å². The molecule has 0 radical (unpaired) electrons. The molecule has 1 aromatic rings. The maximum Gasteiger partial charge on any atom is 0.150 e. The molecule has 0 unspecified atom stereocenters. The van der Waals surface area contributed by atoms with Gasteiger partial charge in [0.15, 0.2) is 0 Å². The van der Waals surface area contributed by atoms with Crippen LogP contribution in [0.1, 0.15) is 11.4 Å². The van der Waals surface area contributed by atoms with Crippen molar-refractivity contribution in [2.75, 3.05) is 45.3 Å². The maximum absolute atomic E-state index is 4.97. The fourth-order valence-electron chi connectivity index (χ4n) is 1.54. The summed E-state index contributed by atoms with van der Waals surface area (Å²) in [6.07, 6.45) is 1.80. The smallest absolute Gasteiger partial charge is 0.150 e. The Kier molecular flexibility index (Phi) is 5.86. The Bertz CT molecular complexity index is 343. The Hall–Kier alpha value is -1.20. The van der Waals surface area contributed by atoms with Gasteiger partial charge in [-0.1, -0.05) is 0 Å².